The van der Waals surface area contributed by atoms with Gasteiger partial charge in [0.25, 0.3) is 0 Å². The van der Waals surface area contributed by atoms with Crippen molar-refractivity contribution in [1.82, 2.24) is 0 Å². The molecule has 0 N–H and O–H groups in total. The zero-order chi connectivity index (χ0) is 14.4. The first-order valence-corrected chi connectivity index (χ1v) is 6.80. The molecule has 0 aliphatic heterocycles. The van der Waals surface area contributed by atoms with E-state index < -0.39 is 0 Å². The second-order valence-corrected chi connectivity index (χ2v) is 5.22. The van der Waals surface area contributed by atoms with E-state index in [1.165, 1.54) is 0 Å². The van der Waals surface area contributed by atoms with Crippen LogP contribution in [0, 0.1) is 22.7 Å². The summed E-state index contributed by atoms with van der Waals surface area (Å²) >= 11 is 0. The van der Waals surface area contributed by atoms with Gasteiger partial charge in [-0.2, -0.15) is 10.5 Å². The number of fused-ring (bicyclic) bond motifs is 2. The molecule has 0 spiro atoms. The third-order valence-electron chi connectivity index (χ3n) is 4.13. The highest BCUT2D eigenvalue weighted by atomic mass is 14.4. The van der Waals surface area contributed by atoms with Crippen LogP contribution >= 0.6 is 0 Å². The Morgan fingerprint density at radius 1 is 0.714 bits per heavy atom. The van der Waals surface area contributed by atoms with E-state index in [-0.39, 0.29) is 5.92 Å². The molecule has 0 saturated carbocycles. The van der Waals surface area contributed by atoms with Gasteiger partial charge in [-0.1, -0.05) is 48.5 Å². The molecule has 0 unspecified atom stereocenters. The standard InChI is InChI=1S/C19H10N2/c20-10-16-17(11-21)19(16)18-14-7-3-1-5-12(14)9-13-6-2-4-8-15(13)18/h1-9,19H. The van der Waals surface area contributed by atoms with Gasteiger partial charge in [0.1, 0.15) is 0 Å². The van der Waals surface area contributed by atoms with Crippen molar-refractivity contribution in [2.75, 3.05) is 0 Å². The molecule has 0 fully saturated rings. The Morgan fingerprint density at radius 3 is 1.67 bits per heavy atom. The van der Waals surface area contributed by atoms with Crippen LogP contribution in [0.2, 0.25) is 0 Å². The molecule has 0 radical (unpaired) electrons. The average molecular weight is 266 g/mol. The van der Waals surface area contributed by atoms with E-state index in [0.29, 0.717) is 11.1 Å². The summed E-state index contributed by atoms with van der Waals surface area (Å²) in [5, 5.41) is 23.0. The predicted octanol–water partition coefficient (Wildman–Crippen LogP) is 4.43. The number of nitrogens with zero attached hydrogens (tertiary/aromatic N) is 2. The largest absolute Gasteiger partial charge is 0.193 e. The molecule has 3 aromatic rings. The smallest absolute Gasteiger partial charge is 0.0968 e. The van der Waals surface area contributed by atoms with Gasteiger partial charge in [0.2, 0.25) is 0 Å². The van der Waals surface area contributed by atoms with Gasteiger partial charge in [0.05, 0.1) is 29.2 Å². The molecule has 1 aliphatic carbocycles. The summed E-state index contributed by atoms with van der Waals surface area (Å²) in [6.45, 7) is 0. The third kappa shape index (κ3) is 1.57. The van der Waals surface area contributed by atoms with Crippen LogP contribution in [-0.2, 0) is 0 Å². The lowest BCUT2D eigenvalue weighted by molar-refractivity contribution is 1.21. The summed E-state index contributed by atoms with van der Waals surface area (Å²) in [6, 6.07) is 22.8. The lowest BCUT2D eigenvalue weighted by Gasteiger charge is -2.11. The van der Waals surface area contributed by atoms with Crippen molar-refractivity contribution in [2.24, 2.45) is 0 Å². The molecule has 3 aromatic carbocycles. The normalized spacial score (nSPS) is 14.2. The van der Waals surface area contributed by atoms with Gasteiger partial charge < -0.3 is 0 Å². The van der Waals surface area contributed by atoms with E-state index in [9.17, 15) is 10.5 Å². The van der Waals surface area contributed by atoms with Crippen LogP contribution in [0.5, 0.6) is 0 Å². The highest BCUT2D eigenvalue weighted by Crippen LogP contribution is 2.51. The Morgan fingerprint density at radius 2 is 1.19 bits per heavy atom. The topological polar surface area (TPSA) is 47.6 Å². The van der Waals surface area contributed by atoms with E-state index in [0.717, 1.165) is 27.1 Å². The van der Waals surface area contributed by atoms with E-state index in [1.807, 2.05) is 24.3 Å². The maximum atomic E-state index is 9.22. The fourth-order valence-electron chi connectivity index (χ4n) is 3.12. The molecular weight excluding hydrogens is 256 g/mol. The molecule has 21 heavy (non-hydrogen) atoms. The zero-order valence-electron chi connectivity index (χ0n) is 11.2. The van der Waals surface area contributed by atoms with Crippen LogP contribution in [0.25, 0.3) is 21.5 Å². The first-order valence-electron chi connectivity index (χ1n) is 6.80. The van der Waals surface area contributed by atoms with Crippen LogP contribution in [0.15, 0.2) is 65.7 Å². The predicted molar refractivity (Wildman–Crippen MR) is 82.4 cm³/mol. The number of hydrogen-bond donors (Lipinski definition) is 0. The van der Waals surface area contributed by atoms with Crippen molar-refractivity contribution in [2.45, 2.75) is 5.92 Å². The number of hydrogen-bond acceptors (Lipinski definition) is 2. The molecule has 4 rings (SSSR count). The van der Waals surface area contributed by atoms with E-state index in [1.54, 1.807) is 0 Å². The molecule has 96 valence electrons. The number of benzene rings is 3. The average Bonchev–Trinajstić information content (AvgIpc) is 3.25. The minimum Gasteiger partial charge on any atom is -0.193 e. The van der Waals surface area contributed by atoms with E-state index in [4.69, 9.17) is 0 Å². The quantitative estimate of drug-likeness (QED) is 0.611. The summed E-state index contributed by atoms with van der Waals surface area (Å²) in [7, 11) is 0. The highest BCUT2D eigenvalue weighted by molar-refractivity contribution is 6.04. The molecule has 2 heteroatoms. The molecular formula is C19H10N2. The lowest BCUT2D eigenvalue weighted by Crippen LogP contribution is -1.90. The van der Waals surface area contributed by atoms with Crippen LogP contribution in [0.1, 0.15) is 11.5 Å². The lowest BCUT2D eigenvalue weighted by atomic mass is 9.91. The van der Waals surface area contributed by atoms with Gasteiger partial charge in [-0.3, -0.25) is 0 Å². The highest BCUT2D eigenvalue weighted by Gasteiger charge is 2.40. The van der Waals surface area contributed by atoms with Crippen LogP contribution in [0.3, 0.4) is 0 Å². The zero-order valence-corrected chi connectivity index (χ0v) is 11.2. The van der Waals surface area contributed by atoms with E-state index >= 15 is 0 Å². The molecule has 0 aromatic heterocycles. The van der Waals surface area contributed by atoms with Crippen molar-refractivity contribution in [3.63, 3.8) is 0 Å². The molecule has 0 bridgehead atoms. The molecule has 1 aliphatic rings. The van der Waals surface area contributed by atoms with Gasteiger partial charge in [0, 0.05) is 0 Å². The van der Waals surface area contributed by atoms with Crippen molar-refractivity contribution in [1.29, 1.82) is 10.5 Å². The SMILES string of the molecule is N#CC1=C(C#N)C1c1c2ccccc2cc2ccccc12. The monoisotopic (exact) mass is 266 g/mol. The molecule has 0 saturated heterocycles. The molecule has 2 nitrogen and oxygen atoms in total. The van der Waals surface area contributed by atoms with Crippen molar-refractivity contribution < 1.29 is 0 Å². The summed E-state index contributed by atoms with van der Waals surface area (Å²) in [5.74, 6) is -0.129. The van der Waals surface area contributed by atoms with Gasteiger partial charge in [-0.25, -0.2) is 0 Å². The minimum atomic E-state index is -0.129. The van der Waals surface area contributed by atoms with Crippen molar-refractivity contribution in [3.05, 3.63) is 71.3 Å². The summed E-state index contributed by atoms with van der Waals surface area (Å²) < 4.78 is 0. The summed E-state index contributed by atoms with van der Waals surface area (Å²) in [4.78, 5) is 0. The first-order chi connectivity index (χ1) is 10.3. The maximum Gasteiger partial charge on any atom is 0.0968 e. The fourth-order valence-corrected chi connectivity index (χ4v) is 3.12. The first kappa shape index (κ1) is 11.7. The van der Waals surface area contributed by atoms with Gasteiger partial charge in [-0.15, -0.1) is 0 Å². The minimum absolute atomic E-state index is 0.129. The van der Waals surface area contributed by atoms with E-state index in [2.05, 4.69) is 42.5 Å². The van der Waals surface area contributed by atoms with Crippen LogP contribution in [0.4, 0.5) is 0 Å². The molecule has 0 amide bonds. The number of allylic oxidation sites excluding steroid dienone is 2. The fraction of sp³-hybridized carbons (Fsp3) is 0.0526. The van der Waals surface area contributed by atoms with Gasteiger partial charge >= 0.3 is 0 Å². The van der Waals surface area contributed by atoms with Crippen LogP contribution < -0.4 is 0 Å². The summed E-state index contributed by atoms with van der Waals surface area (Å²) in [5.41, 5.74) is 2.31. The second kappa shape index (κ2) is 4.20. The molecule has 0 heterocycles. The molecule has 0 atom stereocenters. The van der Waals surface area contributed by atoms with Gasteiger partial charge in [0.15, 0.2) is 0 Å². The Hall–Kier alpha value is -3.10. The van der Waals surface area contributed by atoms with Crippen LogP contribution in [-0.4, -0.2) is 0 Å². The Kier molecular flexibility index (Phi) is 2.34. The maximum absolute atomic E-state index is 9.22. The van der Waals surface area contributed by atoms with Gasteiger partial charge in [-0.05, 0) is 33.2 Å². The number of rotatable bonds is 1. The van der Waals surface area contributed by atoms with Crippen molar-refractivity contribution in [3.8, 4) is 12.1 Å². The number of nitriles is 2. The second-order valence-electron chi connectivity index (χ2n) is 5.22. The third-order valence-corrected chi connectivity index (χ3v) is 4.13. The summed E-state index contributed by atoms with van der Waals surface area (Å²) in [6.07, 6.45) is 0. The Labute approximate surface area is 122 Å². The Bertz CT molecular complexity index is 935. The Balaban J connectivity index is 2.11. The van der Waals surface area contributed by atoms with Crippen molar-refractivity contribution >= 4 is 21.5 Å².